The highest BCUT2D eigenvalue weighted by atomic mass is 35.5. The van der Waals surface area contributed by atoms with Gasteiger partial charge in [-0.2, -0.15) is 0 Å². The second-order valence-corrected chi connectivity index (χ2v) is 10.4. The van der Waals surface area contributed by atoms with Crippen molar-refractivity contribution in [1.29, 1.82) is 0 Å². The van der Waals surface area contributed by atoms with Crippen LogP contribution < -0.4 is 15.1 Å². The zero-order valence-electron chi connectivity index (χ0n) is 21.4. The Morgan fingerprint density at radius 2 is 1.84 bits per heavy atom. The first-order valence-electron chi connectivity index (χ1n) is 12.7. The van der Waals surface area contributed by atoms with Crippen molar-refractivity contribution in [3.63, 3.8) is 0 Å². The number of pyridine rings is 1. The van der Waals surface area contributed by atoms with Gasteiger partial charge in [0.15, 0.2) is 0 Å². The Labute approximate surface area is 227 Å². The Kier molecular flexibility index (Phi) is 7.53. The lowest BCUT2D eigenvalue weighted by Crippen LogP contribution is -2.52. The molecule has 1 unspecified atom stereocenters. The summed E-state index contributed by atoms with van der Waals surface area (Å²) in [4.78, 5) is 21.6. The summed E-state index contributed by atoms with van der Waals surface area (Å²) in [6.07, 6.45) is 8.21. The molecule has 1 aromatic heterocycles. The number of aromatic nitrogens is 1. The van der Waals surface area contributed by atoms with E-state index in [1.807, 2.05) is 20.2 Å². The lowest BCUT2D eigenvalue weighted by Gasteiger charge is -2.34. The van der Waals surface area contributed by atoms with E-state index in [0.29, 0.717) is 45.4 Å². The standard InChI is InChI=1S/C29H31ClFN5O2/c1-34(2)11-12-36(18-37)27-6-5-20(13-25(27)30)23-15-22(31)16-24(29(23)38)21-7-8-33-28(14-21)35-10-9-32-26(17-35)19-3-4-19/h5-8,11-16,18-19,26,32,38H,3-4,9-10,17H2,1-2H3/b12-11-. The van der Waals surface area contributed by atoms with Gasteiger partial charge in [-0.05, 0) is 66.3 Å². The van der Waals surface area contributed by atoms with Crippen molar-refractivity contribution in [3.8, 4) is 28.0 Å². The molecule has 2 aromatic carbocycles. The van der Waals surface area contributed by atoms with Crippen molar-refractivity contribution in [2.24, 2.45) is 5.92 Å². The van der Waals surface area contributed by atoms with E-state index < -0.39 is 5.82 Å². The van der Waals surface area contributed by atoms with Crippen LogP contribution in [0.25, 0.3) is 22.3 Å². The number of aromatic hydroxyl groups is 1. The maximum absolute atomic E-state index is 14.9. The molecular formula is C29H31ClFN5O2. The first-order chi connectivity index (χ1) is 18.3. The number of amides is 1. The van der Waals surface area contributed by atoms with E-state index in [0.717, 1.165) is 31.4 Å². The van der Waals surface area contributed by atoms with Gasteiger partial charge in [-0.25, -0.2) is 9.37 Å². The molecule has 0 radical (unpaired) electrons. The number of carbonyl (C=O) groups is 1. The van der Waals surface area contributed by atoms with Crippen LogP contribution in [-0.2, 0) is 4.79 Å². The molecule has 2 aliphatic rings. The average molecular weight is 536 g/mol. The lowest BCUT2D eigenvalue weighted by atomic mass is 9.97. The summed E-state index contributed by atoms with van der Waals surface area (Å²) in [7, 11) is 3.68. The fourth-order valence-corrected chi connectivity index (χ4v) is 5.14. The van der Waals surface area contributed by atoms with Crippen molar-refractivity contribution >= 4 is 29.5 Å². The van der Waals surface area contributed by atoms with Crippen LogP contribution in [0.5, 0.6) is 5.75 Å². The van der Waals surface area contributed by atoms with Crippen LogP contribution in [0.2, 0.25) is 5.02 Å². The summed E-state index contributed by atoms with van der Waals surface area (Å²) in [5.41, 5.74) is 2.37. The predicted molar refractivity (Wildman–Crippen MR) is 150 cm³/mol. The second-order valence-electron chi connectivity index (χ2n) is 10.0. The molecule has 9 heteroatoms. The van der Waals surface area contributed by atoms with E-state index in [1.54, 1.807) is 47.8 Å². The molecule has 5 rings (SSSR count). The Hall–Kier alpha value is -3.62. The van der Waals surface area contributed by atoms with Crippen LogP contribution >= 0.6 is 11.6 Å². The van der Waals surface area contributed by atoms with Crippen LogP contribution in [0.1, 0.15) is 12.8 Å². The van der Waals surface area contributed by atoms with E-state index >= 15 is 0 Å². The Morgan fingerprint density at radius 1 is 1.11 bits per heavy atom. The summed E-state index contributed by atoms with van der Waals surface area (Å²) in [6.45, 7) is 2.62. The molecule has 2 fully saturated rings. The van der Waals surface area contributed by atoms with Crippen LogP contribution in [0.15, 0.2) is 61.1 Å². The number of nitrogens with zero attached hydrogens (tertiary/aromatic N) is 4. The quantitative estimate of drug-likeness (QED) is 0.391. The smallest absolute Gasteiger partial charge is 0.218 e. The highest BCUT2D eigenvalue weighted by molar-refractivity contribution is 6.34. The number of nitrogens with one attached hydrogen (secondary N) is 1. The summed E-state index contributed by atoms with van der Waals surface area (Å²) < 4.78 is 14.9. The molecule has 38 heavy (non-hydrogen) atoms. The monoisotopic (exact) mass is 535 g/mol. The molecule has 1 saturated heterocycles. The average Bonchev–Trinajstić information content (AvgIpc) is 3.77. The summed E-state index contributed by atoms with van der Waals surface area (Å²) in [6, 6.07) is 11.7. The van der Waals surface area contributed by atoms with Crippen molar-refractivity contribution in [2.45, 2.75) is 18.9 Å². The van der Waals surface area contributed by atoms with Gasteiger partial charge in [0, 0.05) is 69.5 Å². The summed E-state index contributed by atoms with van der Waals surface area (Å²) >= 11 is 6.52. The van der Waals surface area contributed by atoms with Crippen molar-refractivity contribution in [3.05, 3.63) is 71.9 Å². The van der Waals surface area contributed by atoms with Gasteiger partial charge >= 0.3 is 0 Å². The minimum atomic E-state index is -0.481. The third kappa shape index (κ3) is 5.61. The fraction of sp³-hybridized carbons (Fsp3) is 0.310. The van der Waals surface area contributed by atoms with Gasteiger partial charge in [0.05, 0.1) is 10.7 Å². The molecule has 1 aliphatic carbocycles. The number of hydrogen-bond acceptors (Lipinski definition) is 6. The van der Waals surface area contributed by atoms with E-state index in [4.69, 9.17) is 11.6 Å². The van der Waals surface area contributed by atoms with E-state index in [9.17, 15) is 14.3 Å². The van der Waals surface area contributed by atoms with Gasteiger partial charge < -0.3 is 20.2 Å². The molecule has 2 N–H and O–H groups in total. The number of carbonyl (C=O) groups excluding carboxylic acids is 1. The molecule has 7 nitrogen and oxygen atoms in total. The highest BCUT2D eigenvalue weighted by Crippen LogP contribution is 2.42. The minimum absolute atomic E-state index is 0.0525. The maximum Gasteiger partial charge on any atom is 0.218 e. The maximum atomic E-state index is 14.9. The van der Waals surface area contributed by atoms with Gasteiger partial charge in [0.1, 0.15) is 17.4 Å². The molecule has 3 aromatic rings. The highest BCUT2D eigenvalue weighted by Gasteiger charge is 2.34. The number of hydrogen-bond donors (Lipinski definition) is 2. The van der Waals surface area contributed by atoms with Gasteiger partial charge in [-0.1, -0.05) is 17.7 Å². The zero-order chi connectivity index (χ0) is 26.8. The fourth-order valence-electron chi connectivity index (χ4n) is 4.86. The van der Waals surface area contributed by atoms with Crippen molar-refractivity contribution in [1.82, 2.24) is 15.2 Å². The Bertz CT molecular complexity index is 1360. The lowest BCUT2D eigenvalue weighted by molar-refractivity contribution is -0.106. The molecule has 2 heterocycles. The molecule has 0 bridgehead atoms. The largest absolute Gasteiger partial charge is 0.507 e. The molecule has 198 valence electrons. The van der Waals surface area contributed by atoms with E-state index in [-0.39, 0.29) is 5.75 Å². The predicted octanol–water partition coefficient (Wildman–Crippen LogP) is 5.10. The number of phenolic OH excluding ortho intramolecular Hbond substituents is 1. The number of phenols is 1. The van der Waals surface area contributed by atoms with Crippen LogP contribution in [-0.4, -0.2) is 61.2 Å². The van der Waals surface area contributed by atoms with E-state index in [1.165, 1.54) is 29.9 Å². The summed E-state index contributed by atoms with van der Waals surface area (Å²) in [5, 5.41) is 15.2. The number of piperazine rings is 1. The summed E-state index contributed by atoms with van der Waals surface area (Å²) in [5.74, 6) is 1.01. The SMILES string of the molecule is CN(C)/C=C\N(C=O)c1ccc(-c2cc(F)cc(-c3ccnc(N4CCNC(C5CC5)C4)c3)c2O)cc1Cl. The molecule has 1 atom stereocenters. The van der Waals surface area contributed by atoms with Crippen LogP contribution in [0, 0.1) is 11.7 Å². The van der Waals surface area contributed by atoms with Crippen molar-refractivity contribution < 1.29 is 14.3 Å². The molecular weight excluding hydrogens is 505 g/mol. The van der Waals surface area contributed by atoms with Crippen LogP contribution in [0.4, 0.5) is 15.9 Å². The van der Waals surface area contributed by atoms with E-state index in [2.05, 4.69) is 15.2 Å². The molecule has 1 aliphatic heterocycles. The third-order valence-corrected chi connectivity index (χ3v) is 7.33. The minimum Gasteiger partial charge on any atom is -0.507 e. The van der Waals surface area contributed by atoms with Crippen molar-refractivity contribution in [2.75, 3.05) is 43.5 Å². The molecule has 0 spiro atoms. The number of rotatable bonds is 8. The number of benzene rings is 2. The van der Waals surface area contributed by atoms with Gasteiger partial charge in [-0.3, -0.25) is 9.69 Å². The zero-order valence-corrected chi connectivity index (χ0v) is 22.2. The van der Waals surface area contributed by atoms with Gasteiger partial charge in [0.25, 0.3) is 0 Å². The van der Waals surface area contributed by atoms with Gasteiger partial charge in [0.2, 0.25) is 6.41 Å². The first-order valence-corrected chi connectivity index (χ1v) is 13.1. The normalized spacial score (nSPS) is 17.6. The molecule has 1 amide bonds. The number of anilines is 2. The Balaban J connectivity index is 1.46. The number of halogens is 2. The first kappa shape index (κ1) is 26.0. The third-order valence-electron chi connectivity index (χ3n) is 7.03. The van der Waals surface area contributed by atoms with Crippen LogP contribution in [0.3, 0.4) is 0 Å². The van der Waals surface area contributed by atoms with Gasteiger partial charge in [-0.15, -0.1) is 0 Å². The molecule has 1 saturated carbocycles. The topological polar surface area (TPSA) is 71.9 Å². The second kappa shape index (κ2) is 11.0. The Morgan fingerprint density at radius 3 is 2.50 bits per heavy atom.